The van der Waals surface area contributed by atoms with Gasteiger partial charge in [0, 0.05) is 17.7 Å². The number of aliphatic hydroxyl groups excluding tert-OH is 1. The van der Waals surface area contributed by atoms with Gasteiger partial charge < -0.3 is 15.7 Å². The van der Waals surface area contributed by atoms with Crippen molar-refractivity contribution in [3.63, 3.8) is 0 Å². The molecule has 4 N–H and O–H groups in total. The molecule has 0 aromatic carbocycles. The van der Waals surface area contributed by atoms with Gasteiger partial charge in [0.2, 0.25) is 5.95 Å². The molecule has 0 radical (unpaired) electrons. The van der Waals surface area contributed by atoms with Crippen LogP contribution in [0.4, 0.5) is 26.4 Å². The number of aromatic amines is 1. The highest BCUT2D eigenvalue weighted by Gasteiger charge is 2.25. The number of rotatable bonds is 7. The number of pyridine rings is 1. The van der Waals surface area contributed by atoms with E-state index in [2.05, 4.69) is 35.8 Å². The molecule has 0 spiro atoms. The maximum Gasteiger partial charge on any atom is 0.225 e. The summed E-state index contributed by atoms with van der Waals surface area (Å²) >= 11 is 0. The molecule has 1 saturated carbocycles. The number of hydrogen-bond acceptors (Lipinski definition) is 7. The van der Waals surface area contributed by atoms with Gasteiger partial charge in [-0.3, -0.25) is 10.1 Å². The molecule has 140 valence electrons. The van der Waals surface area contributed by atoms with Crippen LogP contribution in [-0.4, -0.2) is 36.9 Å². The minimum absolute atomic E-state index is 0.0508. The molecule has 8 nitrogen and oxygen atoms in total. The van der Waals surface area contributed by atoms with Gasteiger partial charge in [-0.15, -0.1) is 0 Å². The van der Waals surface area contributed by atoms with Gasteiger partial charge in [0.15, 0.2) is 17.5 Å². The molecular formula is C17H17F2N7O. The molecule has 4 rings (SSSR count). The Morgan fingerprint density at radius 3 is 2.78 bits per heavy atom. The van der Waals surface area contributed by atoms with E-state index in [1.165, 1.54) is 12.1 Å². The van der Waals surface area contributed by atoms with Gasteiger partial charge in [-0.25, -0.2) is 13.8 Å². The van der Waals surface area contributed by atoms with Crippen molar-refractivity contribution in [3.05, 3.63) is 53.6 Å². The van der Waals surface area contributed by atoms with Gasteiger partial charge in [0.1, 0.15) is 5.82 Å². The standard InChI is InChI=1S/C17H17F2N7O/c18-10-3-4-12(20-6-10)14(8-27)22-17-21-7-11(19)16(24-17)23-15-5-13(25-26-15)9-1-2-9/h3-7,9,14,27H,1-2,8H2,(H3,21,22,23,24,25,26)/t14-/m0/s1. The number of aliphatic hydroxyl groups is 1. The van der Waals surface area contributed by atoms with Crippen LogP contribution < -0.4 is 10.6 Å². The first kappa shape index (κ1) is 17.3. The van der Waals surface area contributed by atoms with Crippen molar-refractivity contribution >= 4 is 17.6 Å². The molecule has 0 saturated heterocycles. The highest BCUT2D eigenvalue weighted by molar-refractivity contribution is 5.54. The summed E-state index contributed by atoms with van der Waals surface area (Å²) in [6, 6.07) is 3.83. The lowest BCUT2D eigenvalue weighted by Crippen LogP contribution is -2.18. The zero-order valence-corrected chi connectivity index (χ0v) is 14.2. The summed E-state index contributed by atoms with van der Waals surface area (Å²) in [6.45, 7) is -0.327. The molecule has 1 atom stereocenters. The van der Waals surface area contributed by atoms with Crippen LogP contribution in [0.15, 0.2) is 30.6 Å². The van der Waals surface area contributed by atoms with Crippen molar-refractivity contribution in [2.75, 3.05) is 17.2 Å². The van der Waals surface area contributed by atoms with Crippen molar-refractivity contribution in [2.45, 2.75) is 24.8 Å². The van der Waals surface area contributed by atoms with Crippen molar-refractivity contribution in [1.29, 1.82) is 0 Å². The molecule has 1 fully saturated rings. The van der Waals surface area contributed by atoms with E-state index in [9.17, 15) is 13.9 Å². The summed E-state index contributed by atoms with van der Waals surface area (Å²) in [7, 11) is 0. The molecule has 0 amide bonds. The van der Waals surface area contributed by atoms with E-state index in [4.69, 9.17) is 0 Å². The molecule has 0 bridgehead atoms. The van der Waals surface area contributed by atoms with Gasteiger partial charge in [-0.1, -0.05) is 0 Å². The van der Waals surface area contributed by atoms with Gasteiger partial charge in [0.05, 0.1) is 30.7 Å². The summed E-state index contributed by atoms with van der Waals surface area (Å²) in [6.07, 6.45) is 4.31. The SMILES string of the molecule is OC[C@H](Nc1ncc(F)c(Nc2cc(C3CC3)[nH]n2)n1)c1ccc(F)cn1. The molecule has 3 aromatic heterocycles. The summed E-state index contributed by atoms with van der Waals surface area (Å²) in [5.41, 5.74) is 1.41. The number of nitrogens with zero attached hydrogens (tertiary/aromatic N) is 4. The topological polar surface area (TPSA) is 112 Å². The van der Waals surface area contributed by atoms with Crippen LogP contribution in [0.3, 0.4) is 0 Å². The summed E-state index contributed by atoms with van der Waals surface area (Å²) in [5.74, 6) is -0.137. The number of halogens is 2. The largest absolute Gasteiger partial charge is 0.394 e. The Morgan fingerprint density at radius 2 is 2.07 bits per heavy atom. The summed E-state index contributed by atoms with van der Waals surface area (Å²) in [4.78, 5) is 11.9. The van der Waals surface area contributed by atoms with Gasteiger partial charge in [-0.05, 0) is 25.0 Å². The van der Waals surface area contributed by atoms with E-state index in [-0.39, 0.29) is 18.4 Å². The van der Waals surface area contributed by atoms with E-state index in [0.29, 0.717) is 17.4 Å². The van der Waals surface area contributed by atoms with Crippen LogP contribution in [0.25, 0.3) is 0 Å². The normalized spacial score (nSPS) is 14.8. The van der Waals surface area contributed by atoms with E-state index >= 15 is 0 Å². The van der Waals surface area contributed by atoms with Crippen LogP contribution in [0, 0.1) is 11.6 Å². The maximum absolute atomic E-state index is 14.1. The predicted octanol–water partition coefficient (Wildman–Crippen LogP) is 2.64. The first-order chi connectivity index (χ1) is 13.1. The van der Waals surface area contributed by atoms with Crippen LogP contribution >= 0.6 is 0 Å². The lowest BCUT2D eigenvalue weighted by atomic mass is 10.2. The first-order valence-electron chi connectivity index (χ1n) is 8.46. The zero-order valence-electron chi connectivity index (χ0n) is 14.2. The minimum Gasteiger partial charge on any atom is -0.394 e. The number of aromatic nitrogens is 5. The molecule has 1 aliphatic rings. The Hall–Kier alpha value is -3.14. The smallest absolute Gasteiger partial charge is 0.225 e. The first-order valence-corrected chi connectivity index (χ1v) is 8.46. The highest BCUT2D eigenvalue weighted by Crippen LogP contribution is 2.39. The van der Waals surface area contributed by atoms with E-state index in [1.807, 2.05) is 6.07 Å². The quantitative estimate of drug-likeness (QED) is 0.504. The van der Waals surface area contributed by atoms with Crippen molar-refractivity contribution < 1.29 is 13.9 Å². The summed E-state index contributed by atoms with van der Waals surface area (Å²) in [5, 5.41) is 22.3. The van der Waals surface area contributed by atoms with Crippen molar-refractivity contribution in [3.8, 4) is 0 Å². The second-order valence-corrected chi connectivity index (χ2v) is 6.28. The van der Waals surface area contributed by atoms with Gasteiger partial charge >= 0.3 is 0 Å². The Balaban J connectivity index is 1.51. The van der Waals surface area contributed by atoms with E-state index in [0.717, 1.165) is 30.9 Å². The van der Waals surface area contributed by atoms with Gasteiger partial charge in [0.25, 0.3) is 0 Å². The highest BCUT2D eigenvalue weighted by atomic mass is 19.1. The van der Waals surface area contributed by atoms with Crippen molar-refractivity contribution in [1.82, 2.24) is 25.1 Å². The number of hydrogen-bond donors (Lipinski definition) is 4. The predicted molar refractivity (Wildman–Crippen MR) is 93.5 cm³/mol. The Morgan fingerprint density at radius 1 is 1.22 bits per heavy atom. The third-order valence-corrected chi connectivity index (χ3v) is 4.20. The molecule has 0 aliphatic heterocycles. The van der Waals surface area contributed by atoms with Crippen molar-refractivity contribution in [2.24, 2.45) is 0 Å². The molecule has 3 heterocycles. The fraction of sp³-hybridized carbons (Fsp3) is 0.294. The zero-order chi connectivity index (χ0) is 18.8. The third-order valence-electron chi connectivity index (χ3n) is 4.20. The average Bonchev–Trinajstić information content (AvgIpc) is 3.42. The fourth-order valence-corrected chi connectivity index (χ4v) is 2.61. The van der Waals surface area contributed by atoms with E-state index in [1.54, 1.807) is 0 Å². The van der Waals surface area contributed by atoms with Gasteiger partial charge in [-0.2, -0.15) is 10.1 Å². The molecule has 27 heavy (non-hydrogen) atoms. The molecular weight excluding hydrogens is 356 g/mol. The number of H-pyrrole nitrogens is 1. The monoisotopic (exact) mass is 373 g/mol. The number of anilines is 3. The lowest BCUT2D eigenvalue weighted by molar-refractivity contribution is 0.273. The van der Waals surface area contributed by atoms with E-state index < -0.39 is 17.7 Å². The maximum atomic E-state index is 14.1. The molecule has 10 heteroatoms. The second-order valence-electron chi connectivity index (χ2n) is 6.28. The van der Waals surface area contributed by atoms with Crippen LogP contribution in [0.2, 0.25) is 0 Å². The van der Waals surface area contributed by atoms with Crippen LogP contribution in [-0.2, 0) is 0 Å². The molecule has 1 aliphatic carbocycles. The fourth-order valence-electron chi connectivity index (χ4n) is 2.61. The minimum atomic E-state index is -0.671. The number of nitrogens with one attached hydrogen (secondary N) is 3. The average molecular weight is 373 g/mol. The third kappa shape index (κ3) is 4.00. The molecule has 0 unspecified atom stereocenters. The summed E-state index contributed by atoms with van der Waals surface area (Å²) < 4.78 is 27.1. The lowest BCUT2D eigenvalue weighted by Gasteiger charge is -2.16. The van der Waals surface area contributed by atoms with Crippen LogP contribution in [0.5, 0.6) is 0 Å². The molecule has 3 aromatic rings. The second kappa shape index (κ2) is 7.23. The Kier molecular flexibility index (Phi) is 4.63. The Bertz CT molecular complexity index is 927. The Labute approximate surface area is 153 Å². The van der Waals surface area contributed by atoms with Crippen LogP contribution in [0.1, 0.15) is 36.2 Å².